The first kappa shape index (κ1) is 59.9. The van der Waals surface area contributed by atoms with E-state index in [0.717, 1.165) is 86.5 Å². The highest BCUT2D eigenvalue weighted by atomic mass is 16.3. The van der Waals surface area contributed by atoms with Crippen molar-refractivity contribution in [1.82, 2.24) is 30.2 Å². The molecule has 4 aromatic carbocycles. The molecule has 8 rings (SSSR count). The third kappa shape index (κ3) is 15.2. The van der Waals surface area contributed by atoms with E-state index < -0.39 is 36.3 Å². The average Bonchev–Trinajstić information content (AvgIpc) is 4.07. The maximum absolute atomic E-state index is 14.7. The van der Waals surface area contributed by atoms with Crippen LogP contribution in [0.3, 0.4) is 0 Å². The van der Waals surface area contributed by atoms with Crippen LogP contribution in [0.2, 0.25) is 0 Å². The van der Waals surface area contributed by atoms with E-state index in [1.807, 2.05) is 106 Å². The predicted molar refractivity (Wildman–Crippen MR) is 312 cm³/mol. The number of carbonyl (C=O) groups is 6. The third-order valence-electron chi connectivity index (χ3n) is 18.2. The first-order valence-corrected chi connectivity index (χ1v) is 30.1. The Morgan fingerprint density at radius 2 is 1.01 bits per heavy atom. The molecule has 14 nitrogen and oxygen atoms in total. The van der Waals surface area contributed by atoms with E-state index in [9.17, 15) is 39.0 Å². The standard InChI is InChI=1S/C66H88N6O8/c1-5-45(2)62(76)68-61(52-24-16-9-17-25-52)66(80)72-41-37-59(74)57(72)44-70(39-35-48-20-12-7-13-21-48)64(78)54-32-28-50(29-33-54)49-26-30-53(31-27-49)63(77)69(38-34-47-18-10-6-11-19-47)43-56-58(73)36-40-71(56)65(79)55(42-60(75)46(3)67-4)51-22-14-8-15-23-51/h6-7,10-13,18-21,26-33,45-46,51-52,55-59,61,67,73-74H,5,8-9,14-17,22-25,34-44H2,1-4H3,(H,68,76)/t45-,46+,55+,56-,57-,58+,59+,61+/m1/s1. The molecular weight excluding hydrogens is 1000 g/mol. The van der Waals surface area contributed by atoms with Crippen LogP contribution < -0.4 is 10.6 Å². The molecule has 0 bridgehead atoms. The number of likely N-dealkylation sites (tertiary alicyclic amines) is 2. The number of amides is 5. The topological polar surface area (TPSA) is 180 Å². The molecule has 8 atom stereocenters. The minimum Gasteiger partial charge on any atom is -0.391 e. The van der Waals surface area contributed by atoms with Crippen molar-refractivity contribution < 1.29 is 39.0 Å². The predicted octanol–water partition coefficient (Wildman–Crippen LogP) is 8.52. The maximum Gasteiger partial charge on any atom is 0.253 e. The second kappa shape index (κ2) is 29.0. The lowest BCUT2D eigenvalue weighted by atomic mass is 9.76. The number of hydrogen-bond donors (Lipinski definition) is 4. The van der Waals surface area contributed by atoms with Crippen LogP contribution >= 0.6 is 0 Å². The molecule has 2 heterocycles. The first-order chi connectivity index (χ1) is 38.7. The molecule has 0 unspecified atom stereocenters. The highest BCUT2D eigenvalue weighted by molar-refractivity contribution is 5.96. The SMILES string of the molecule is CC[C@@H](C)C(=O)N[C@H](C(=O)N1CC[C@H](O)[C@H]1CN(CCc1ccccc1)C(=O)c1ccc(-c2ccc(C(=O)N(CCc3ccccc3)C[C@@H]3[C@@H](O)CCN3C(=O)[C@@H](CC(=O)[C@H](C)NC)C3CCCCC3)cc2)cc1)C1CCCCC1. The average molecular weight is 1090 g/mol. The van der Waals surface area contributed by atoms with Gasteiger partial charge in [-0.3, -0.25) is 28.8 Å². The Kier molecular flexibility index (Phi) is 21.7. The number of ketones is 1. The molecule has 2 aliphatic carbocycles. The van der Waals surface area contributed by atoms with Crippen molar-refractivity contribution in [2.24, 2.45) is 23.7 Å². The fourth-order valence-corrected chi connectivity index (χ4v) is 12.7. The van der Waals surface area contributed by atoms with Crippen LogP contribution in [0.25, 0.3) is 11.1 Å². The quantitative estimate of drug-likeness (QED) is 0.0535. The summed E-state index contributed by atoms with van der Waals surface area (Å²) in [6.07, 6.45) is 10.8. The lowest BCUT2D eigenvalue weighted by Gasteiger charge is -2.37. The molecule has 5 amide bonds. The summed E-state index contributed by atoms with van der Waals surface area (Å²) in [4.78, 5) is 92.6. The largest absolute Gasteiger partial charge is 0.391 e. The molecule has 4 aliphatic rings. The maximum atomic E-state index is 14.7. The minimum absolute atomic E-state index is 0.00403. The van der Waals surface area contributed by atoms with E-state index in [2.05, 4.69) is 10.6 Å². The molecule has 4 aromatic rings. The van der Waals surface area contributed by atoms with E-state index in [1.165, 1.54) is 0 Å². The van der Waals surface area contributed by atoms with E-state index >= 15 is 0 Å². The Morgan fingerprint density at radius 1 is 0.575 bits per heavy atom. The minimum atomic E-state index is -0.844. The van der Waals surface area contributed by atoms with Gasteiger partial charge < -0.3 is 40.4 Å². The van der Waals surface area contributed by atoms with Crippen molar-refractivity contribution in [3.05, 3.63) is 131 Å². The van der Waals surface area contributed by atoms with E-state index in [4.69, 9.17) is 0 Å². The van der Waals surface area contributed by atoms with Gasteiger partial charge in [0.25, 0.3) is 11.8 Å². The van der Waals surface area contributed by atoms with Crippen molar-refractivity contribution in [3.8, 4) is 11.1 Å². The normalized spacial score (nSPS) is 21.3. The zero-order valence-electron chi connectivity index (χ0n) is 47.9. The lowest BCUT2D eigenvalue weighted by Crippen LogP contribution is -2.57. The number of aliphatic hydroxyl groups excluding tert-OH is 2. The van der Waals surface area contributed by atoms with Gasteiger partial charge in [-0.05, 0) is 130 Å². The van der Waals surface area contributed by atoms with Crippen LogP contribution in [-0.2, 0) is 32.0 Å². The molecular formula is C66H88N6O8. The number of rotatable bonds is 24. The molecule has 0 radical (unpaired) electrons. The summed E-state index contributed by atoms with van der Waals surface area (Å²) in [5.74, 6) is -1.47. The van der Waals surface area contributed by atoms with Gasteiger partial charge in [0.2, 0.25) is 17.7 Å². The number of hydrogen-bond acceptors (Lipinski definition) is 9. The molecule has 14 heteroatoms. The van der Waals surface area contributed by atoms with Gasteiger partial charge in [-0.15, -0.1) is 0 Å². The zero-order valence-corrected chi connectivity index (χ0v) is 47.9. The summed E-state index contributed by atoms with van der Waals surface area (Å²) in [5, 5.41) is 29.3. The number of nitrogens with zero attached hydrogens (tertiary/aromatic N) is 4. The van der Waals surface area contributed by atoms with Gasteiger partial charge in [0.1, 0.15) is 11.8 Å². The monoisotopic (exact) mass is 1090 g/mol. The number of nitrogens with one attached hydrogen (secondary N) is 2. The lowest BCUT2D eigenvalue weighted by molar-refractivity contribution is -0.142. The second-order valence-corrected chi connectivity index (χ2v) is 23.4. The Hall–Kier alpha value is -6.22. The molecule has 2 aliphatic heterocycles. The Balaban J connectivity index is 0.989. The molecule has 2 saturated carbocycles. The highest BCUT2D eigenvalue weighted by Gasteiger charge is 2.45. The Labute approximate surface area is 475 Å². The second-order valence-electron chi connectivity index (χ2n) is 23.4. The van der Waals surface area contributed by atoms with Gasteiger partial charge in [-0.1, -0.05) is 137 Å². The van der Waals surface area contributed by atoms with E-state index in [1.54, 1.807) is 50.9 Å². The number of benzene rings is 4. The van der Waals surface area contributed by atoms with Crippen molar-refractivity contribution in [2.45, 2.75) is 160 Å². The molecule has 0 spiro atoms. The van der Waals surface area contributed by atoms with Gasteiger partial charge in [0.15, 0.2) is 0 Å². The smallest absolute Gasteiger partial charge is 0.253 e. The molecule has 80 heavy (non-hydrogen) atoms. The number of likely N-dealkylation sites (N-methyl/N-ethyl adjacent to an activating group) is 1. The van der Waals surface area contributed by atoms with Crippen LogP contribution in [0.5, 0.6) is 0 Å². The summed E-state index contributed by atoms with van der Waals surface area (Å²) in [6, 6.07) is 32.3. The summed E-state index contributed by atoms with van der Waals surface area (Å²) in [6.45, 7) is 7.36. The summed E-state index contributed by atoms with van der Waals surface area (Å²) in [5.41, 5.74) is 4.72. The highest BCUT2D eigenvalue weighted by Crippen LogP contribution is 2.36. The Bertz CT molecular complexity index is 2480. The van der Waals surface area contributed by atoms with Gasteiger partial charge in [0, 0.05) is 68.7 Å². The van der Waals surface area contributed by atoms with Crippen molar-refractivity contribution >= 4 is 35.3 Å². The molecule has 2 saturated heterocycles. The van der Waals surface area contributed by atoms with Gasteiger partial charge in [-0.2, -0.15) is 0 Å². The van der Waals surface area contributed by atoms with Gasteiger partial charge in [-0.25, -0.2) is 0 Å². The van der Waals surface area contributed by atoms with Crippen molar-refractivity contribution in [3.63, 3.8) is 0 Å². The molecule has 4 fully saturated rings. The summed E-state index contributed by atoms with van der Waals surface area (Å²) >= 11 is 0. The van der Waals surface area contributed by atoms with Gasteiger partial charge >= 0.3 is 0 Å². The Morgan fingerprint density at radius 3 is 1.45 bits per heavy atom. The van der Waals surface area contributed by atoms with E-state index in [0.29, 0.717) is 69.4 Å². The van der Waals surface area contributed by atoms with Crippen LogP contribution in [0.15, 0.2) is 109 Å². The number of carbonyl (C=O) groups excluding carboxylic acids is 6. The molecule has 4 N–H and O–H groups in total. The fourth-order valence-electron chi connectivity index (χ4n) is 12.7. The van der Waals surface area contributed by atoms with Crippen molar-refractivity contribution in [2.75, 3.05) is 46.3 Å². The number of aliphatic hydroxyl groups is 2. The van der Waals surface area contributed by atoms with Crippen LogP contribution in [0.1, 0.15) is 143 Å². The summed E-state index contributed by atoms with van der Waals surface area (Å²) < 4.78 is 0. The third-order valence-corrected chi connectivity index (χ3v) is 18.2. The fraction of sp³-hybridized carbons (Fsp3) is 0.545. The van der Waals surface area contributed by atoms with E-state index in [-0.39, 0.29) is 78.6 Å². The van der Waals surface area contributed by atoms with Crippen LogP contribution in [0.4, 0.5) is 0 Å². The zero-order chi connectivity index (χ0) is 56.7. The summed E-state index contributed by atoms with van der Waals surface area (Å²) in [7, 11) is 1.75. The van der Waals surface area contributed by atoms with Crippen LogP contribution in [0, 0.1) is 23.7 Å². The van der Waals surface area contributed by atoms with Gasteiger partial charge in [0.05, 0.1) is 30.3 Å². The molecule has 0 aromatic heterocycles. The van der Waals surface area contributed by atoms with Crippen LogP contribution in [-0.4, -0.2) is 148 Å². The molecule has 430 valence electrons. The first-order valence-electron chi connectivity index (χ1n) is 30.1. The van der Waals surface area contributed by atoms with Crippen molar-refractivity contribution in [1.29, 1.82) is 0 Å². The number of Topliss-reactive ketones (excluding diaryl/α,β-unsaturated/α-hetero) is 1.